The van der Waals surface area contributed by atoms with Crippen LogP contribution in [0.2, 0.25) is 0 Å². The third-order valence-corrected chi connectivity index (χ3v) is 4.90. The lowest BCUT2D eigenvalue weighted by Gasteiger charge is -2.08. The third-order valence-electron chi connectivity index (χ3n) is 4.90. The van der Waals surface area contributed by atoms with Crippen molar-refractivity contribution < 1.29 is 10.0 Å². The summed E-state index contributed by atoms with van der Waals surface area (Å²) in [6.07, 6.45) is 8.80. The van der Waals surface area contributed by atoms with E-state index < -0.39 is 0 Å². The Bertz CT molecular complexity index is 1160. The Balaban J connectivity index is 0.000000238. The molecule has 10 nitrogen and oxygen atoms in total. The van der Waals surface area contributed by atoms with Gasteiger partial charge >= 0.3 is 0 Å². The molecule has 0 saturated heterocycles. The molecular formula is C22H28N8O2. The number of unbranched alkanes of at least 4 members (excludes halogenated alkanes) is 2. The van der Waals surface area contributed by atoms with Crippen molar-refractivity contribution in [3.05, 3.63) is 48.4 Å². The first-order valence-electron chi connectivity index (χ1n) is 10.7. The Morgan fingerprint density at radius 3 is 2.72 bits per heavy atom. The number of carbonyl (C=O) groups is 1. The van der Waals surface area contributed by atoms with Gasteiger partial charge in [0.1, 0.15) is 17.7 Å². The summed E-state index contributed by atoms with van der Waals surface area (Å²) < 4.78 is 0. The summed E-state index contributed by atoms with van der Waals surface area (Å²) >= 11 is 0. The van der Waals surface area contributed by atoms with E-state index in [9.17, 15) is 4.79 Å². The summed E-state index contributed by atoms with van der Waals surface area (Å²) in [5.41, 5.74) is 10.5. The molecule has 0 atom stereocenters. The van der Waals surface area contributed by atoms with E-state index in [1.54, 1.807) is 5.48 Å². The van der Waals surface area contributed by atoms with Gasteiger partial charge in [-0.2, -0.15) is 0 Å². The van der Waals surface area contributed by atoms with Gasteiger partial charge in [-0.3, -0.25) is 10.0 Å². The molecule has 3 aromatic heterocycles. The molecule has 0 bridgehead atoms. The highest BCUT2D eigenvalue weighted by Gasteiger charge is 2.07. The molecule has 0 radical (unpaired) electrons. The quantitative estimate of drug-likeness (QED) is 0.186. The molecule has 0 aliphatic heterocycles. The largest absolute Gasteiger partial charge is 0.382 e. The number of aryl methyl sites for hydroxylation is 2. The molecule has 4 rings (SSSR count). The molecule has 0 aliphatic carbocycles. The number of nitrogens with zero attached hydrogens (tertiary/aromatic N) is 5. The molecule has 0 fully saturated rings. The Morgan fingerprint density at radius 1 is 1.09 bits per heavy atom. The van der Waals surface area contributed by atoms with Crippen LogP contribution in [0.3, 0.4) is 0 Å². The monoisotopic (exact) mass is 436 g/mol. The van der Waals surface area contributed by atoms with Crippen LogP contribution in [-0.4, -0.2) is 41.0 Å². The maximum absolute atomic E-state index is 11.0. The number of aromatic amines is 1. The summed E-state index contributed by atoms with van der Waals surface area (Å²) in [5.74, 6) is 1.02. The average molecular weight is 437 g/mol. The molecule has 0 aliphatic rings. The molecule has 10 heteroatoms. The highest BCUT2D eigenvalue weighted by Crippen LogP contribution is 2.18. The van der Waals surface area contributed by atoms with E-state index in [0.29, 0.717) is 23.4 Å². The zero-order valence-corrected chi connectivity index (χ0v) is 18.1. The van der Waals surface area contributed by atoms with Gasteiger partial charge in [0.15, 0.2) is 11.5 Å². The van der Waals surface area contributed by atoms with Crippen LogP contribution in [0.15, 0.2) is 36.9 Å². The summed E-state index contributed by atoms with van der Waals surface area (Å²) in [6, 6.07) is 8.12. The van der Waals surface area contributed by atoms with E-state index in [1.165, 1.54) is 12.7 Å². The summed E-state index contributed by atoms with van der Waals surface area (Å²) in [4.78, 5) is 34.6. The minimum absolute atomic E-state index is 0.322. The van der Waals surface area contributed by atoms with E-state index >= 15 is 0 Å². The van der Waals surface area contributed by atoms with Crippen molar-refractivity contribution in [2.24, 2.45) is 0 Å². The predicted molar refractivity (Wildman–Crippen MR) is 122 cm³/mol. The Hall–Kier alpha value is -3.66. The van der Waals surface area contributed by atoms with Crippen LogP contribution in [-0.2, 0) is 17.6 Å². The van der Waals surface area contributed by atoms with Gasteiger partial charge in [-0.1, -0.05) is 31.5 Å². The molecule has 0 saturated carbocycles. The smallest absolute Gasteiger partial charge is 0.243 e. The number of nitrogens with two attached hydrogens (primary N) is 1. The summed E-state index contributed by atoms with van der Waals surface area (Å²) in [6.45, 7) is 2.13. The molecular weight excluding hydrogens is 408 g/mol. The molecule has 32 heavy (non-hydrogen) atoms. The molecule has 3 heterocycles. The molecule has 168 valence electrons. The van der Waals surface area contributed by atoms with Crippen LogP contribution in [0.1, 0.15) is 50.5 Å². The van der Waals surface area contributed by atoms with E-state index in [4.69, 9.17) is 15.9 Å². The fourth-order valence-corrected chi connectivity index (χ4v) is 3.32. The lowest BCUT2D eigenvalue weighted by atomic mass is 10.1. The van der Waals surface area contributed by atoms with Crippen LogP contribution in [0.5, 0.6) is 0 Å². The maximum atomic E-state index is 11.0. The number of para-hydroxylation sites is 1. The summed E-state index contributed by atoms with van der Waals surface area (Å²) in [5, 5.41) is 9.57. The minimum atomic E-state index is -0.322. The van der Waals surface area contributed by atoms with Crippen molar-refractivity contribution in [1.29, 1.82) is 0 Å². The van der Waals surface area contributed by atoms with Crippen LogP contribution < -0.4 is 11.2 Å². The third kappa shape index (κ3) is 6.17. The fraction of sp³-hybridized carbons (Fsp3) is 0.364. The molecule has 1 aromatic carbocycles. The molecule has 1 amide bonds. The first-order chi connectivity index (χ1) is 15.6. The van der Waals surface area contributed by atoms with Crippen molar-refractivity contribution in [1.82, 2.24) is 35.4 Å². The van der Waals surface area contributed by atoms with Gasteiger partial charge in [0.05, 0.1) is 17.5 Å². The number of nitrogen functional groups attached to an aromatic ring is 1. The van der Waals surface area contributed by atoms with Crippen LogP contribution in [0, 0.1) is 0 Å². The number of hydrogen-bond donors (Lipinski definition) is 4. The van der Waals surface area contributed by atoms with Gasteiger partial charge in [0.2, 0.25) is 5.91 Å². The topological polar surface area (TPSA) is 156 Å². The van der Waals surface area contributed by atoms with Gasteiger partial charge in [-0.15, -0.1) is 0 Å². The number of fused-ring (bicyclic) bond motifs is 2. The predicted octanol–water partition coefficient (Wildman–Crippen LogP) is 3.13. The molecule has 5 N–H and O–H groups in total. The number of anilines is 1. The normalized spacial score (nSPS) is 10.7. The van der Waals surface area contributed by atoms with Gasteiger partial charge in [-0.05, 0) is 31.7 Å². The van der Waals surface area contributed by atoms with Crippen molar-refractivity contribution >= 4 is 33.8 Å². The molecule has 0 spiro atoms. The van der Waals surface area contributed by atoms with Crippen molar-refractivity contribution in [2.45, 2.75) is 51.9 Å². The minimum Gasteiger partial charge on any atom is -0.382 e. The zero-order valence-electron chi connectivity index (χ0n) is 18.1. The number of carbonyl (C=O) groups excluding carboxylic acids is 1. The van der Waals surface area contributed by atoms with Crippen molar-refractivity contribution in [3.8, 4) is 0 Å². The number of hydrogen-bond acceptors (Lipinski definition) is 8. The number of H-pyrrole nitrogens is 1. The van der Waals surface area contributed by atoms with Crippen LogP contribution in [0.25, 0.3) is 22.1 Å². The van der Waals surface area contributed by atoms with Crippen molar-refractivity contribution in [2.75, 3.05) is 5.73 Å². The number of imidazole rings is 1. The first kappa shape index (κ1) is 23.0. The van der Waals surface area contributed by atoms with E-state index in [0.717, 1.165) is 60.9 Å². The fourth-order valence-electron chi connectivity index (χ4n) is 3.32. The van der Waals surface area contributed by atoms with E-state index in [-0.39, 0.29) is 5.91 Å². The number of hydroxylamine groups is 1. The lowest BCUT2D eigenvalue weighted by molar-refractivity contribution is -0.129. The Labute approximate surface area is 185 Å². The highest BCUT2D eigenvalue weighted by molar-refractivity contribution is 5.81. The number of rotatable bonds is 8. The zero-order chi connectivity index (χ0) is 22.8. The van der Waals surface area contributed by atoms with E-state index in [2.05, 4.69) is 37.9 Å². The van der Waals surface area contributed by atoms with Gasteiger partial charge < -0.3 is 10.7 Å². The SMILES string of the molecule is CCCc1nc(CCCCCC(=O)NO)c2ccccc2n1.Nc1ncnc2nc[nH]c12. The van der Waals surface area contributed by atoms with Crippen LogP contribution in [0.4, 0.5) is 5.82 Å². The Morgan fingerprint density at radius 2 is 1.94 bits per heavy atom. The number of amides is 1. The first-order valence-corrected chi connectivity index (χ1v) is 10.7. The maximum Gasteiger partial charge on any atom is 0.243 e. The van der Waals surface area contributed by atoms with Crippen molar-refractivity contribution in [3.63, 3.8) is 0 Å². The van der Waals surface area contributed by atoms with E-state index in [1.807, 2.05) is 18.2 Å². The average Bonchev–Trinajstić information content (AvgIpc) is 3.29. The van der Waals surface area contributed by atoms with Gasteiger partial charge in [0, 0.05) is 18.2 Å². The summed E-state index contributed by atoms with van der Waals surface area (Å²) in [7, 11) is 0. The second-order valence-corrected chi connectivity index (χ2v) is 7.31. The molecule has 4 aromatic rings. The van der Waals surface area contributed by atoms with Gasteiger partial charge in [-0.25, -0.2) is 30.4 Å². The second kappa shape index (κ2) is 11.7. The number of nitrogens with one attached hydrogen (secondary N) is 2. The standard InChI is InChI=1S/C17H23N3O2.C5H5N5/c1-2-8-16-18-14(10-4-3-5-12-17(21)20-22)13-9-6-7-11-15(13)19-16;6-4-3-5(9-1-7-3)10-2-8-4/h6-7,9,11,22H,2-5,8,10,12H2,1H3,(H,20,21);1-2H,(H3,6,7,8,9,10). The highest BCUT2D eigenvalue weighted by atomic mass is 16.5. The Kier molecular flexibility index (Phi) is 8.38. The number of benzene rings is 1. The number of aromatic nitrogens is 6. The van der Waals surface area contributed by atoms with Crippen LogP contribution >= 0.6 is 0 Å². The lowest BCUT2D eigenvalue weighted by Crippen LogP contribution is -2.17. The second-order valence-electron chi connectivity index (χ2n) is 7.31. The molecule has 0 unspecified atom stereocenters. The van der Waals surface area contributed by atoms with Gasteiger partial charge in [0.25, 0.3) is 0 Å².